The summed E-state index contributed by atoms with van der Waals surface area (Å²) in [4.78, 5) is 33.0. The van der Waals surface area contributed by atoms with Crippen molar-refractivity contribution in [3.05, 3.63) is 0 Å². The Balaban J connectivity index is 2.21. The largest absolute Gasteiger partial charge is 0.481 e. The van der Waals surface area contributed by atoms with E-state index in [-0.39, 0.29) is 18.3 Å². The van der Waals surface area contributed by atoms with Crippen LogP contribution in [0.25, 0.3) is 0 Å². The molecule has 6 nitrogen and oxygen atoms in total. The van der Waals surface area contributed by atoms with Gasteiger partial charge in [0, 0.05) is 0 Å². The molecule has 0 bridgehead atoms. The summed E-state index contributed by atoms with van der Waals surface area (Å²) in [5.41, 5.74) is 0. The van der Waals surface area contributed by atoms with Crippen molar-refractivity contribution in [3.8, 4) is 0 Å². The maximum atomic E-state index is 11.0. The van der Waals surface area contributed by atoms with Crippen LogP contribution in [0.5, 0.6) is 0 Å². The summed E-state index contributed by atoms with van der Waals surface area (Å²) < 4.78 is 0. The predicted octanol–water partition coefficient (Wildman–Crippen LogP) is 0.519. The molecule has 6 heteroatoms. The van der Waals surface area contributed by atoms with Crippen molar-refractivity contribution in [1.29, 1.82) is 0 Å². The summed E-state index contributed by atoms with van der Waals surface area (Å²) in [5, 5.41) is 27.0. The van der Waals surface area contributed by atoms with Crippen molar-refractivity contribution in [2.24, 2.45) is 29.6 Å². The molecule has 0 aromatic carbocycles. The van der Waals surface area contributed by atoms with Gasteiger partial charge in [-0.1, -0.05) is 0 Å². The quantitative estimate of drug-likeness (QED) is 0.665. The van der Waals surface area contributed by atoms with Crippen molar-refractivity contribution in [1.82, 2.24) is 0 Å². The van der Waals surface area contributed by atoms with Gasteiger partial charge in [0.1, 0.15) is 0 Å². The predicted molar refractivity (Wildman–Crippen MR) is 54.2 cm³/mol. The van der Waals surface area contributed by atoms with Crippen molar-refractivity contribution in [2.45, 2.75) is 19.3 Å². The molecule has 3 N–H and O–H groups in total. The molecule has 17 heavy (non-hydrogen) atoms. The summed E-state index contributed by atoms with van der Waals surface area (Å²) in [6, 6.07) is 0. The summed E-state index contributed by atoms with van der Waals surface area (Å²) >= 11 is 0. The van der Waals surface area contributed by atoms with Crippen LogP contribution in [-0.4, -0.2) is 33.2 Å². The van der Waals surface area contributed by atoms with Crippen molar-refractivity contribution in [3.63, 3.8) is 0 Å². The lowest BCUT2D eigenvalue weighted by atomic mass is 9.90. The second kappa shape index (κ2) is 4.01. The second-order valence-electron chi connectivity index (χ2n) is 4.96. The van der Waals surface area contributed by atoms with Crippen LogP contribution in [0, 0.1) is 29.6 Å². The lowest BCUT2D eigenvalue weighted by molar-refractivity contribution is -0.146. The number of carboxylic acid groups (broad SMARTS) is 3. The van der Waals surface area contributed by atoms with Gasteiger partial charge < -0.3 is 15.3 Å². The van der Waals surface area contributed by atoms with Gasteiger partial charge in [0.15, 0.2) is 0 Å². The molecule has 0 aromatic heterocycles. The molecule has 2 saturated carbocycles. The first kappa shape index (κ1) is 11.9. The molecule has 0 radical (unpaired) electrons. The molecule has 0 heterocycles. The fourth-order valence-electron chi connectivity index (χ4n) is 3.42. The molecule has 0 aliphatic heterocycles. The van der Waals surface area contributed by atoms with E-state index in [1.54, 1.807) is 0 Å². The van der Waals surface area contributed by atoms with Crippen LogP contribution in [0.3, 0.4) is 0 Å². The minimum Gasteiger partial charge on any atom is -0.481 e. The Hall–Kier alpha value is -1.59. The molecule has 2 rings (SSSR count). The van der Waals surface area contributed by atoms with E-state index < -0.39 is 35.7 Å². The fraction of sp³-hybridized carbons (Fsp3) is 0.727. The first-order valence-corrected chi connectivity index (χ1v) is 5.60. The first-order valence-electron chi connectivity index (χ1n) is 5.60. The van der Waals surface area contributed by atoms with Gasteiger partial charge in [0.2, 0.25) is 0 Å². The van der Waals surface area contributed by atoms with Crippen LogP contribution >= 0.6 is 0 Å². The molecular formula is C11H14O6. The van der Waals surface area contributed by atoms with Crippen LogP contribution in [0.1, 0.15) is 19.3 Å². The lowest BCUT2D eigenvalue weighted by Gasteiger charge is -2.14. The molecule has 2 aliphatic rings. The van der Waals surface area contributed by atoms with Gasteiger partial charge in [0.25, 0.3) is 0 Å². The van der Waals surface area contributed by atoms with Crippen LogP contribution in [0.15, 0.2) is 0 Å². The Kier molecular flexibility index (Phi) is 2.81. The van der Waals surface area contributed by atoms with Gasteiger partial charge >= 0.3 is 17.9 Å². The average molecular weight is 242 g/mol. The van der Waals surface area contributed by atoms with E-state index in [2.05, 4.69) is 0 Å². The van der Waals surface area contributed by atoms with Crippen LogP contribution in [0.2, 0.25) is 0 Å². The van der Waals surface area contributed by atoms with Crippen LogP contribution < -0.4 is 0 Å². The van der Waals surface area contributed by atoms with Crippen molar-refractivity contribution >= 4 is 17.9 Å². The first-order chi connectivity index (χ1) is 7.91. The second-order valence-corrected chi connectivity index (χ2v) is 4.96. The van der Waals surface area contributed by atoms with E-state index in [0.29, 0.717) is 12.8 Å². The minimum absolute atomic E-state index is 0.131. The molecule has 2 fully saturated rings. The van der Waals surface area contributed by atoms with E-state index in [1.165, 1.54) is 0 Å². The SMILES string of the molecule is O=C(O)C1CC2C(C(=O)O)CC(C(=O)O)C2C1. The molecule has 94 valence electrons. The summed E-state index contributed by atoms with van der Waals surface area (Å²) in [6.45, 7) is 0. The summed E-state index contributed by atoms with van der Waals surface area (Å²) in [6.07, 6.45) is 0.716. The topological polar surface area (TPSA) is 112 Å². The smallest absolute Gasteiger partial charge is 0.306 e. The Morgan fingerprint density at radius 3 is 1.41 bits per heavy atom. The molecule has 0 spiro atoms. The Bertz CT molecular complexity index is 348. The number of rotatable bonds is 3. The van der Waals surface area contributed by atoms with E-state index in [0.717, 1.165) is 0 Å². The Morgan fingerprint density at radius 1 is 0.706 bits per heavy atom. The van der Waals surface area contributed by atoms with E-state index in [1.807, 2.05) is 0 Å². The van der Waals surface area contributed by atoms with Gasteiger partial charge in [0.05, 0.1) is 17.8 Å². The summed E-state index contributed by atoms with van der Waals surface area (Å²) in [7, 11) is 0. The zero-order chi connectivity index (χ0) is 12.7. The van der Waals surface area contributed by atoms with Crippen molar-refractivity contribution in [2.75, 3.05) is 0 Å². The highest BCUT2D eigenvalue weighted by Gasteiger charge is 2.54. The molecular weight excluding hydrogens is 228 g/mol. The normalized spacial score (nSPS) is 39.9. The zero-order valence-electron chi connectivity index (χ0n) is 9.07. The van der Waals surface area contributed by atoms with Gasteiger partial charge in [-0.15, -0.1) is 0 Å². The molecule has 4 atom stereocenters. The number of aliphatic carboxylic acids is 3. The summed E-state index contributed by atoms with van der Waals surface area (Å²) in [5.74, 6) is -5.55. The number of carbonyl (C=O) groups is 3. The minimum atomic E-state index is -1.00. The zero-order valence-corrected chi connectivity index (χ0v) is 9.07. The standard InChI is InChI=1S/C11H14O6/c12-9(13)4-1-5-6(2-4)8(11(16)17)3-7(5)10(14)15/h4-8H,1-3H2,(H,12,13)(H,14,15)(H,16,17). The fourth-order valence-corrected chi connectivity index (χ4v) is 3.42. The third kappa shape index (κ3) is 1.87. The monoisotopic (exact) mass is 242 g/mol. The van der Waals surface area contributed by atoms with Gasteiger partial charge in [-0.25, -0.2) is 0 Å². The Labute approximate surface area is 97.2 Å². The van der Waals surface area contributed by atoms with Gasteiger partial charge in [-0.3, -0.25) is 14.4 Å². The van der Waals surface area contributed by atoms with E-state index >= 15 is 0 Å². The number of fused-ring (bicyclic) bond motifs is 1. The van der Waals surface area contributed by atoms with Crippen LogP contribution in [0.4, 0.5) is 0 Å². The highest BCUT2D eigenvalue weighted by atomic mass is 16.4. The number of hydrogen-bond donors (Lipinski definition) is 3. The number of hydrogen-bond acceptors (Lipinski definition) is 3. The Morgan fingerprint density at radius 2 is 1.12 bits per heavy atom. The maximum Gasteiger partial charge on any atom is 0.306 e. The van der Waals surface area contributed by atoms with Crippen molar-refractivity contribution < 1.29 is 29.7 Å². The third-order valence-corrected chi connectivity index (χ3v) is 4.19. The highest BCUT2D eigenvalue weighted by Crippen LogP contribution is 2.53. The number of carboxylic acids is 3. The van der Waals surface area contributed by atoms with E-state index in [4.69, 9.17) is 15.3 Å². The van der Waals surface area contributed by atoms with Gasteiger partial charge in [-0.05, 0) is 31.1 Å². The van der Waals surface area contributed by atoms with E-state index in [9.17, 15) is 14.4 Å². The molecule has 0 aromatic rings. The molecule has 0 saturated heterocycles. The molecule has 2 aliphatic carbocycles. The maximum absolute atomic E-state index is 11.0. The molecule has 0 amide bonds. The highest BCUT2D eigenvalue weighted by molar-refractivity contribution is 5.77. The molecule has 4 unspecified atom stereocenters. The third-order valence-electron chi connectivity index (χ3n) is 4.19. The van der Waals surface area contributed by atoms with Gasteiger partial charge in [-0.2, -0.15) is 0 Å². The van der Waals surface area contributed by atoms with Crippen LogP contribution in [-0.2, 0) is 14.4 Å². The average Bonchev–Trinajstić information content (AvgIpc) is 2.72. The lowest BCUT2D eigenvalue weighted by Crippen LogP contribution is -2.20.